The smallest absolute Gasteiger partial charge is 0.328 e. The van der Waals surface area contributed by atoms with E-state index in [0.717, 1.165) is 22.8 Å². The van der Waals surface area contributed by atoms with Gasteiger partial charge in [-0.25, -0.2) is 4.79 Å². The number of aliphatic carboxylic acids is 1. The standard InChI is InChI=1S/C17H16O4/c1-20-15-9-8-14(11-16(15)21-2)13-6-3-12(4-7-13)5-10-17(18)19/h3-11H,1-2H3,(H,18,19)/b10-5+. The highest BCUT2D eigenvalue weighted by atomic mass is 16.5. The van der Waals surface area contributed by atoms with Gasteiger partial charge in [0, 0.05) is 6.08 Å². The van der Waals surface area contributed by atoms with Gasteiger partial charge in [0.15, 0.2) is 11.5 Å². The van der Waals surface area contributed by atoms with Crippen molar-refractivity contribution in [1.82, 2.24) is 0 Å². The molecular formula is C17H16O4. The molecule has 21 heavy (non-hydrogen) atoms. The molecule has 2 aromatic carbocycles. The zero-order valence-electron chi connectivity index (χ0n) is 11.9. The third-order valence-corrected chi connectivity index (χ3v) is 3.05. The van der Waals surface area contributed by atoms with Crippen LogP contribution in [0, 0.1) is 0 Å². The van der Waals surface area contributed by atoms with Gasteiger partial charge in [0.05, 0.1) is 14.2 Å². The summed E-state index contributed by atoms with van der Waals surface area (Å²) < 4.78 is 10.5. The summed E-state index contributed by atoms with van der Waals surface area (Å²) in [5, 5.41) is 8.60. The number of carbonyl (C=O) groups is 1. The van der Waals surface area contributed by atoms with Crippen LogP contribution in [0.15, 0.2) is 48.5 Å². The summed E-state index contributed by atoms with van der Waals surface area (Å²) in [5.74, 6) is 0.395. The van der Waals surface area contributed by atoms with Crippen LogP contribution >= 0.6 is 0 Å². The minimum Gasteiger partial charge on any atom is -0.493 e. The van der Waals surface area contributed by atoms with Gasteiger partial charge < -0.3 is 14.6 Å². The van der Waals surface area contributed by atoms with Crippen molar-refractivity contribution in [3.05, 3.63) is 54.1 Å². The van der Waals surface area contributed by atoms with E-state index in [4.69, 9.17) is 14.6 Å². The molecule has 0 aliphatic heterocycles. The van der Waals surface area contributed by atoms with Gasteiger partial charge in [0.1, 0.15) is 0 Å². The fourth-order valence-corrected chi connectivity index (χ4v) is 1.97. The molecule has 0 saturated carbocycles. The first kappa shape index (κ1) is 14.7. The molecule has 0 radical (unpaired) electrons. The Bertz CT molecular complexity index is 657. The van der Waals surface area contributed by atoms with Gasteiger partial charge in [0.2, 0.25) is 0 Å². The molecule has 0 bridgehead atoms. The van der Waals surface area contributed by atoms with Crippen LogP contribution in [0.3, 0.4) is 0 Å². The molecular weight excluding hydrogens is 268 g/mol. The van der Waals surface area contributed by atoms with Crippen molar-refractivity contribution in [2.45, 2.75) is 0 Å². The summed E-state index contributed by atoms with van der Waals surface area (Å²) in [5.41, 5.74) is 2.85. The molecule has 2 rings (SSSR count). The molecule has 0 saturated heterocycles. The first-order valence-corrected chi connectivity index (χ1v) is 6.37. The van der Waals surface area contributed by atoms with Crippen molar-refractivity contribution < 1.29 is 19.4 Å². The first-order chi connectivity index (χ1) is 10.1. The van der Waals surface area contributed by atoms with Crippen molar-refractivity contribution in [1.29, 1.82) is 0 Å². The van der Waals surface area contributed by atoms with Gasteiger partial charge in [-0.3, -0.25) is 0 Å². The predicted molar refractivity (Wildman–Crippen MR) is 81.7 cm³/mol. The van der Waals surface area contributed by atoms with E-state index >= 15 is 0 Å². The normalized spacial score (nSPS) is 10.6. The van der Waals surface area contributed by atoms with Crippen LogP contribution in [0.1, 0.15) is 5.56 Å². The van der Waals surface area contributed by atoms with Gasteiger partial charge in [-0.05, 0) is 34.9 Å². The van der Waals surface area contributed by atoms with Crippen LogP contribution in [-0.4, -0.2) is 25.3 Å². The Hall–Kier alpha value is -2.75. The van der Waals surface area contributed by atoms with E-state index in [1.807, 2.05) is 42.5 Å². The molecule has 4 nitrogen and oxygen atoms in total. The van der Waals surface area contributed by atoms with Crippen LogP contribution in [0.4, 0.5) is 0 Å². The van der Waals surface area contributed by atoms with E-state index < -0.39 is 5.97 Å². The van der Waals surface area contributed by atoms with Crippen LogP contribution in [0.5, 0.6) is 11.5 Å². The maximum absolute atomic E-state index is 10.5. The molecule has 0 aliphatic carbocycles. The second kappa shape index (κ2) is 6.61. The zero-order chi connectivity index (χ0) is 15.2. The van der Waals surface area contributed by atoms with Crippen LogP contribution in [0.25, 0.3) is 17.2 Å². The summed E-state index contributed by atoms with van der Waals surface area (Å²) in [6.07, 6.45) is 2.67. The largest absolute Gasteiger partial charge is 0.493 e. The fourth-order valence-electron chi connectivity index (χ4n) is 1.97. The highest BCUT2D eigenvalue weighted by Gasteiger charge is 2.05. The third kappa shape index (κ3) is 3.63. The number of benzene rings is 2. The van der Waals surface area contributed by atoms with Crippen LogP contribution < -0.4 is 9.47 Å². The molecule has 0 fully saturated rings. The van der Waals surface area contributed by atoms with E-state index in [0.29, 0.717) is 11.5 Å². The van der Waals surface area contributed by atoms with E-state index in [9.17, 15) is 4.79 Å². The number of carboxylic acids is 1. The summed E-state index contributed by atoms with van der Waals surface area (Å²) >= 11 is 0. The second-order valence-corrected chi connectivity index (χ2v) is 4.36. The molecule has 0 unspecified atom stereocenters. The molecule has 0 heterocycles. The number of methoxy groups -OCH3 is 2. The highest BCUT2D eigenvalue weighted by molar-refractivity contribution is 5.85. The van der Waals surface area contributed by atoms with Crippen molar-refractivity contribution in [2.24, 2.45) is 0 Å². The van der Waals surface area contributed by atoms with Crippen molar-refractivity contribution in [2.75, 3.05) is 14.2 Å². The average molecular weight is 284 g/mol. The Morgan fingerprint density at radius 2 is 1.57 bits per heavy atom. The fraction of sp³-hybridized carbons (Fsp3) is 0.118. The molecule has 0 aliphatic rings. The average Bonchev–Trinajstić information content (AvgIpc) is 2.52. The highest BCUT2D eigenvalue weighted by Crippen LogP contribution is 2.32. The Labute approximate surface area is 123 Å². The number of hydrogen-bond acceptors (Lipinski definition) is 3. The van der Waals surface area contributed by atoms with E-state index in [2.05, 4.69) is 0 Å². The summed E-state index contributed by atoms with van der Waals surface area (Å²) in [6, 6.07) is 13.3. The number of carboxylic acid groups (broad SMARTS) is 1. The first-order valence-electron chi connectivity index (χ1n) is 6.37. The maximum atomic E-state index is 10.5. The molecule has 108 valence electrons. The molecule has 0 atom stereocenters. The van der Waals surface area contributed by atoms with Crippen molar-refractivity contribution in [3.63, 3.8) is 0 Å². The molecule has 1 N–H and O–H groups in total. The van der Waals surface area contributed by atoms with E-state index in [1.165, 1.54) is 0 Å². The Morgan fingerprint density at radius 3 is 2.14 bits per heavy atom. The Kier molecular flexibility index (Phi) is 4.61. The third-order valence-electron chi connectivity index (χ3n) is 3.05. The van der Waals surface area contributed by atoms with Crippen molar-refractivity contribution >= 4 is 12.0 Å². The van der Waals surface area contributed by atoms with Crippen LogP contribution in [0.2, 0.25) is 0 Å². The van der Waals surface area contributed by atoms with Crippen LogP contribution in [-0.2, 0) is 4.79 Å². The van der Waals surface area contributed by atoms with Crippen molar-refractivity contribution in [3.8, 4) is 22.6 Å². The predicted octanol–water partition coefficient (Wildman–Crippen LogP) is 3.47. The minimum absolute atomic E-state index is 0.671. The lowest BCUT2D eigenvalue weighted by Crippen LogP contribution is -1.90. The molecule has 0 aromatic heterocycles. The van der Waals surface area contributed by atoms with Gasteiger partial charge in [-0.2, -0.15) is 0 Å². The molecule has 0 spiro atoms. The quantitative estimate of drug-likeness (QED) is 0.854. The summed E-state index contributed by atoms with van der Waals surface area (Å²) in [7, 11) is 3.20. The topological polar surface area (TPSA) is 55.8 Å². The van der Waals surface area contributed by atoms with E-state index in [-0.39, 0.29) is 0 Å². The maximum Gasteiger partial charge on any atom is 0.328 e. The summed E-state index contributed by atoms with van der Waals surface area (Å²) in [4.78, 5) is 10.5. The number of ether oxygens (including phenoxy) is 2. The summed E-state index contributed by atoms with van der Waals surface area (Å²) in [6.45, 7) is 0. The lowest BCUT2D eigenvalue weighted by Gasteiger charge is -2.09. The Balaban J connectivity index is 2.28. The van der Waals surface area contributed by atoms with Gasteiger partial charge in [-0.15, -0.1) is 0 Å². The molecule has 4 heteroatoms. The minimum atomic E-state index is -0.959. The number of rotatable bonds is 5. The number of hydrogen-bond donors (Lipinski definition) is 1. The monoisotopic (exact) mass is 284 g/mol. The second-order valence-electron chi connectivity index (χ2n) is 4.36. The Morgan fingerprint density at radius 1 is 0.952 bits per heavy atom. The van der Waals surface area contributed by atoms with Gasteiger partial charge in [0.25, 0.3) is 0 Å². The molecule has 2 aromatic rings. The zero-order valence-corrected chi connectivity index (χ0v) is 11.9. The van der Waals surface area contributed by atoms with Gasteiger partial charge >= 0.3 is 5.97 Å². The SMILES string of the molecule is COc1ccc(-c2ccc(/C=C/C(=O)O)cc2)cc1OC. The lowest BCUT2D eigenvalue weighted by molar-refractivity contribution is -0.131. The molecule has 0 amide bonds. The lowest BCUT2D eigenvalue weighted by atomic mass is 10.0. The van der Waals surface area contributed by atoms with Gasteiger partial charge in [-0.1, -0.05) is 30.3 Å². The van der Waals surface area contributed by atoms with E-state index in [1.54, 1.807) is 20.3 Å².